The first-order chi connectivity index (χ1) is 34.9. The Morgan fingerprint density at radius 2 is 0.792 bits per heavy atom. The molecule has 11 aromatic rings. The Kier molecular flexibility index (Phi) is 10.4. The molecule has 13 rings (SSSR count). The number of thiophene rings is 2. The molecule has 0 bridgehead atoms. The molecular formula is C67H55BN2S2. The van der Waals surface area contributed by atoms with Gasteiger partial charge >= 0.3 is 0 Å². The molecule has 0 saturated heterocycles. The van der Waals surface area contributed by atoms with E-state index >= 15 is 0 Å². The zero-order valence-electron chi connectivity index (χ0n) is 41.9. The van der Waals surface area contributed by atoms with E-state index in [0.717, 1.165) is 11.4 Å². The van der Waals surface area contributed by atoms with E-state index in [0.29, 0.717) is 0 Å². The van der Waals surface area contributed by atoms with Gasteiger partial charge in [-0.1, -0.05) is 163 Å². The van der Waals surface area contributed by atoms with Crippen molar-refractivity contribution in [2.24, 2.45) is 0 Å². The van der Waals surface area contributed by atoms with Gasteiger partial charge in [0.1, 0.15) is 0 Å². The SMILES string of the molecule is Cc1cc2c3c(c1)N(c1ccc(-c4cccc5sccc45)cc1-c1ccccc1)c1ccc(C(C)(C)C)cc1B3c1cc(C(C)(C)C)ccc1N2c1ccc(-c2cccc3sccc23)cc1-c1ccccc1. The number of rotatable bonds is 6. The number of hydrogen-bond acceptors (Lipinski definition) is 4. The number of nitrogens with zero attached hydrogens (tertiary/aromatic N) is 2. The van der Waals surface area contributed by atoms with Crippen molar-refractivity contribution in [1.82, 2.24) is 0 Å². The fourth-order valence-corrected chi connectivity index (χ4v) is 13.2. The summed E-state index contributed by atoms with van der Waals surface area (Å²) in [6.45, 7) is 16.3. The maximum atomic E-state index is 2.61. The highest BCUT2D eigenvalue weighted by atomic mass is 32.1. The van der Waals surface area contributed by atoms with Gasteiger partial charge in [-0.3, -0.25) is 0 Å². The predicted molar refractivity (Wildman–Crippen MR) is 315 cm³/mol. The fourth-order valence-electron chi connectivity index (χ4n) is 11.6. The molecule has 0 aliphatic carbocycles. The number of hydrogen-bond donors (Lipinski definition) is 0. The molecule has 0 spiro atoms. The molecule has 0 saturated carbocycles. The Balaban J connectivity index is 1.11. The van der Waals surface area contributed by atoms with Crippen molar-refractivity contribution >= 4 is 100 Å². The lowest BCUT2D eigenvalue weighted by molar-refractivity contribution is 0.590. The molecule has 0 fully saturated rings. The van der Waals surface area contributed by atoms with Crippen LogP contribution in [-0.4, -0.2) is 6.71 Å². The molecule has 0 unspecified atom stereocenters. The summed E-state index contributed by atoms with van der Waals surface area (Å²) in [7, 11) is 0. The van der Waals surface area contributed by atoms with E-state index in [1.807, 2.05) is 0 Å². The summed E-state index contributed by atoms with van der Waals surface area (Å²) in [5.74, 6) is 0. The van der Waals surface area contributed by atoms with Crippen LogP contribution >= 0.6 is 22.7 Å². The maximum absolute atomic E-state index is 2.61. The molecule has 2 aliphatic heterocycles. The molecule has 0 radical (unpaired) electrons. The minimum absolute atomic E-state index is 0.0241. The van der Waals surface area contributed by atoms with Crippen LogP contribution in [0.15, 0.2) is 205 Å². The number of benzene rings is 9. The normalized spacial score (nSPS) is 13.1. The van der Waals surface area contributed by atoms with E-state index < -0.39 is 0 Å². The molecule has 4 heterocycles. The summed E-state index contributed by atoms with van der Waals surface area (Å²) in [5, 5.41) is 7.01. The van der Waals surface area contributed by atoms with E-state index in [-0.39, 0.29) is 17.5 Å². The first-order valence-corrected chi connectivity index (χ1v) is 27.0. The molecule has 2 aromatic heterocycles. The average Bonchev–Trinajstić information content (AvgIpc) is 4.09. The zero-order valence-corrected chi connectivity index (χ0v) is 43.6. The van der Waals surface area contributed by atoms with E-state index in [2.05, 4.69) is 263 Å². The highest BCUT2D eigenvalue weighted by Gasteiger charge is 2.45. The Morgan fingerprint density at radius 1 is 0.361 bits per heavy atom. The van der Waals surface area contributed by atoms with Gasteiger partial charge in [0.05, 0.1) is 11.4 Å². The quantitative estimate of drug-likeness (QED) is 0.153. The van der Waals surface area contributed by atoms with Crippen LogP contribution < -0.4 is 26.2 Å². The molecule has 0 N–H and O–H groups in total. The van der Waals surface area contributed by atoms with Gasteiger partial charge < -0.3 is 9.80 Å². The fraction of sp³-hybridized carbons (Fsp3) is 0.134. The monoisotopic (exact) mass is 962 g/mol. The molecule has 0 amide bonds. The van der Waals surface area contributed by atoms with Gasteiger partial charge in [0.25, 0.3) is 6.71 Å². The smallest absolute Gasteiger partial charge is 0.252 e. The Hall–Kier alpha value is -7.44. The minimum atomic E-state index is -0.0633. The molecule has 2 aliphatic rings. The molecule has 9 aromatic carbocycles. The van der Waals surface area contributed by atoms with Crippen LogP contribution in [0.2, 0.25) is 0 Å². The molecule has 348 valence electrons. The zero-order chi connectivity index (χ0) is 49.0. The summed E-state index contributed by atoms with van der Waals surface area (Å²) in [4.78, 5) is 5.22. The highest BCUT2D eigenvalue weighted by molar-refractivity contribution is 7.17. The second-order valence-electron chi connectivity index (χ2n) is 21.8. The maximum Gasteiger partial charge on any atom is 0.252 e. The third kappa shape index (κ3) is 7.27. The third-order valence-electron chi connectivity index (χ3n) is 15.2. The van der Waals surface area contributed by atoms with Crippen molar-refractivity contribution in [2.45, 2.75) is 59.3 Å². The van der Waals surface area contributed by atoms with Crippen molar-refractivity contribution in [1.29, 1.82) is 0 Å². The van der Waals surface area contributed by atoms with E-state index in [1.165, 1.54) is 121 Å². The van der Waals surface area contributed by atoms with E-state index in [9.17, 15) is 0 Å². The topological polar surface area (TPSA) is 6.48 Å². The summed E-state index contributed by atoms with van der Waals surface area (Å²) >= 11 is 3.61. The lowest BCUT2D eigenvalue weighted by Gasteiger charge is -2.45. The summed E-state index contributed by atoms with van der Waals surface area (Å²) in [5.41, 5.74) is 24.7. The standard InChI is InChI=1S/C67H55BN2S2/c1-42-36-61-65-62(37-42)70(58-29-25-46(39-54(58)44-18-12-9-13-19-44)50-21-15-23-64-52(50)33-35-72-64)60-31-27-48(67(5,6)7)41-56(60)68(65)55-40-47(66(2,3)4)26-30-59(55)69(61)57-28-24-45(38-53(57)43-16-10-8-11-17-43)49-20-14-22-63-51(49)32-34-71-63/h8-41H,1-7H3. The van der Waals surface area contributed by atoms with Crippen molar-refractivity contribution in [3.8, 4) is 44.5 Å². The van der Waals surface area contributed by atoms with Gasteiger partial charge in [-0.25, -0.2) is 0 Å². The molecule has 5 heteroatoms. The molecule has 72 heavy (non-hydrogen) atoms. The van der Waals surface area contributed by atoms with E-state index in [4.69, 9.17) is 0 Å². The molecular weight excluding hydrogens is 908 g/mol. The Labute approximate surface area is 432 Å². The van der Waals surface area contributed by atoms with Crippen molar-refractivity contribution in [3.05, 3.63) is 222 Å². The summed E-state index contributed by atoms with van der Waals surface area (Å²) < 4.78 is 2.61. The van der Waals surface area contributed by atoms with Gasteiger partial charge in [-0.05, 0) is 168 Å². The second kappa shape index (κ2) is 16.8. The number of aryl methyl sites for hydroxylation is 1. The predicted octanol–water partition coefficient (Wildman–Crippen LogP) is 17.8. The van der Waals surface area contributed by atoms with Crippen LogP contribution in [0.3, 0.4) is 0 Å². The van der Waals surface area contributed by atoms with Gasteiger partial charge in [0.2, 0.25) is 0 Å². The second-order valence-corrected chi connectivity index (χ2v) is 23.7. The van der Waals surface area contributed by atoms with Crippen molar-refractivity contribution < 1.29 is 0 Å². The summed E-state index contributed by atoms with van der Waals surface area (Å²) in [6.07, 6.45) is 0. The average molecular weight is 963 g/mol. The van der Waals surface area contributed by atoms with Crippen LogP contribution in [-0.2, 0) is 10.8 Å². The highest BCUT2D eigenvalue weighted by Crippen LogP contribution is 2.51. The van der Waals surface area contributed by atoms with Gasteiger partial charge in [0, 0.05) is 54.0 Å². The lowest BCUT2D eigenvalue weighted by atomic mass is 9.33. The van der Waals surface area contributed by atoms with Gasteiger partial charge in [0.15, 0.2) is 0 Å². The van der Waals surface area contributed by atoms with Gasteiger partial charge in [-0.2, -0.15) is 0 Å². The van der Waals surface area contributed by atoms with Crippen molar-refractivity contribution in [2.75, 3.05) is 9.80 Å². The summed E-state index contributed by atoms with van der Waals surface area (Å²) in [6, 6.07) is 74.0. The van der Waals surface area contributed by atoms with E-state index in [1.54, 1.807) is 22.7 Å². The lowest BCUT2D eigenvalue weighted by Crippen LogP contribution is -2.61. The van der Waals surface area contributed by atoms with Crippen LogP contribution in [0, 0.1) is 6.92 Å². The molecule has 2 nitrogen and oxygen atoms in total. The Morgan fingerprint density at radius 3 is 1.22 bits per heavy atom. The van der Waals surface area contributed by atoms with Crippen LogP contribution in [0.5, 0.6) is 0 Å². The van der Waals surface area contributed by atoms with Crippen LogP contribution in [0.1, 0.15) is 58.2 Å². The number of fused-ring (bicyclic) bond motifs is 6. The van der Waals surface area contributed by atoms with Gasteiger partial charge in [-0.15, -0.1) is 22.7 Å². The molecule has 0 atom stereocenters. The minimum Gasteiger partial charge on any atom is -0.311 e. The Bertz CT molecular complexity index is 3670. The van der Waals surface area contributed by atoms with Crippen molar-refractivity contribution in [3.63, 3.8) is 0 Å². The largest absolute Gasteiger partial charge is 0.311 e. The first kappa shape index (κ1) is 44.5. The third-order valence-corrected chi connectivity index (χ3v) is 17.0. The van der Waals surface area contributed by atoms with Crippen LogP contribution in [0.4, 0.5) is 34.1 Å². The first-order valence-electron chi connectivity index (χ1n) is 25.2. The number of anilines is 6. The van der Waals surface area contributed by atoms with Crippen LogP contribution in [0.25, 0.3) is 64.7 Å².